The van der Waals surface area contributed by atoms with Gasteiger partial charge in [-0.05, 0) is 29.0 Å². The zero-order valence-corrected chi connectivity index (χ0v) is 17.5. The van der Waals surface area contributed by atoms with Gasteiger partial charge < -0.3 is 9.67 Å². The van der Waals surface area contributed by atoms with E-state index in [2.05, 4.69) is 55.4 Å². The maximum absolute atomic E-state index is 10.1. The normalized spacial score (nSPS) is 9.71. The molecule has 0 amide bonds. The van der Waals surface area contributed by atoms with Crippen LogP contribution in [0.4, 0.5) is 0 Å². The Balaban J connectivity index is 0.000000239. The number of fused-ring (bicyclic) bond motifs is 1. The second kappa shape index (κ2) is 9.70. The summed E-state index contributed by atoms with van der Waals surface area (Å²) in [6.45, 7) is 4.10. The molecule has 0 bridgehead atoms. The molecule has 0 spiro atoms. The topological polar surface area (TPSA) is 54.1 Å². The Morgan fingerprint density at radius 3 is 2.25 bits per heavy atom. The van der Waals surface area contributed by atoms with Crippen molar-refractivity contribution in [3.8, 4) is 11.3 Å². The van der Waals surface area contributed by atoms with Crippen molar-refractivity contribution < 1.29 is 34.6 Å². The molecule has 4 aromatic rings. The van der Waals surface area contributed by atoms with Crippen LogP contribution in [0.15, 0.2) is 85.2 Å². The van der Waals surface area contributed by atoms with E-state index in [9.17, 15) is 4.79 Å². The second-order valence-corrected chi connectivity index (χ2v) is 5.90. The van der Waals surface area contributed by atoms with Gasteiger partial charge in [0, 0.05) is 33.3 Å². The van der Waals surface area contributed by atoms with Crippen LogP contribution in [0.25, 0.3) is 22.0 Å². The van der Waals surface area contributed by atoms with Crippen LogP contribution < -0.4 is 4.57 Å². The summed E-state index contributed by atoms with van der Waals surface area (Å²) in [7, 11) is 4.08. The molecule has 2 heterocycles. The van der Waals surface area contributed by atoms with E-state index in [4.69, 9.17) is 5.11 Å². The fraction of sp³-hybridized carbons (Fsp3) is 0. The fourth-order valence-corrected chi connectivity index (χ4v) is 2.80. The molecule has 4 rings (SSSR count). The van der Waals surface area contributed by atoms with E-state index in [-0.39, 0.29) is 25.8 Å². The monoisotopic (exact) mass is 548 g/mol. The molecule has 0 saturated heterocycles. The van der Waals surface area contributed by atoms with Crippen LogP contribution in [0, 0.1) is 14.0 Å². The molecule has 0 fully saturated rings. The van der Waals surface area contributed by atoms with Gasteiger partial charge in [0.2, 0.25) is 0 Å². The van der Waals surface area contributed by atoms with Gasteiger partial charge in [0.15, 0.2) is 0 Å². The van der Waals surface area contributed by atoms with Crippen molar-refractivity contribution in [2.45, 2.75) is 0 Å². The number of hydrogen-bond acceptors (Lipinski definition) is 2. The number of carboxylic acids is 1. The van der Waals surface area contributed by atoms with Gasteiger partial charge in [-0.15, -0.1) is 17.7 Å². The molecule has 0 atom stereocenters. The largest absolute Gasteiger partial charge is 0.477 e. The molecular weight excluding hydrogens is 528 g/mol. The van der Waals surface area contributed by atoms with Gasteiger partial charge in [-0.2, -0.15) is 18.6 Å². The zero-order chi connectivity index (χ0) is 19.2. The van der Waals surface area contributed by atoms with E-state index in [1.165, 1.54) is 23.0 Å². The average Bonchev–Trinajstić information content (AvgIpc) is 2.70. The molecule has 0 unspecified atom stereocenters. The number of benzene rings is 2. The maximum atomic E-state index is 10.1. The van der Waals surface area contributed by atoms with E-state index in [1.807, 2.05) is 29.0 Å². The van der Waals surface area contributed by atoms with E-state index in [0.29, 0.717) is 0 Å². The van der Waals surface area contributed by atoms with Gasteiger partial charge in [-0.1, -0.05) is 36.4 Å². The molecule has 28 heavy (non-hydrogen) atoms. The van der Waals surface area contributed by atoms with Crippen molar-refractivity contribution in [1.29, 1.82) is 0 Å². The Morgan fingerprint density at radius 2 is 1.61 bits per heavy atom. The standard InChI is InChI=1S/C17H14N.C6H5NO2.Ir/c1-13-7-3-5-9-15(13)17-16-10-6-4-8-14(16)11-12-18(17)2;8-6(9)5-3-1-2-4-7-5;/h3-12H,1-2H2;1-4H,(H,8,9);/q-1;;. The van der Waals surface area contributed by atoms with Gasteiger partial charge in [-0.25, -0.2) is 9.78 Å². The quantitative estimate of drug-likeness (QED) is 0.299. The molecular formula is C23H19IrN2O2-. The molecule has 4 nitrogen and oxygen atoms in total. The van der Waals surface area contributed by atoms with Crippen molar-refractivity contribution in [3.05, 3.63) is 110 Å². The van der Waals surface area contributed by atoms with Crippen molar-refractivity contribution in [3.63, 3.8) is 0 Å². The van der Waals surface area contributed by atoms with Crippen LogP contribution in [-0.2, 0) is 20.1 Å². The number of nitrogens with zero attached hydrogens (tertiary/aromatic N) is 2. The first-order valence-corrected chi connectivity index (χ1v) is 8.38. The number of aromatic carboxylic acids is 1. The summed E-state index contributed by atoms with van der Waals surface area (Å²) in [5, 5.41) is 10.7. The first kappa shape index (κ1) is 21.2. The third-order valence-corrected chi connectivity index (χ3v) is 4.09. The summed E-state index contributed by atoms with van der Waals surface area (Å²) in [5.41, 5.74) is 3.34. The zero-order valence-electron chi connectivity index (χ0n) is 15.1. The van der Waals surface area contributed by atoms with Gasteiger partial charge in [-0.3, -0.25) is 0 Å². The molecule has 0 aliphatic heterocycles. The predicted molar refractivity (Wildman–Crippen MR) is 106 cm³/mol. The van der Waals surface area contributed by atoms with E-state index in [1.54, 1.807) is 12.1 Å². The van der Waals surface area contributed by atoms with Crippen LogP contribution in [0.3, 0.4) is 0 Å². The first-order chi connectivity index (χ1) is 13.1. The molecule has 2 aromatic carbocycles. The third-order valence-electron chi connectivity index (χ3n) is 4.09. The summed E-state index contributed by atoms with van der Waals surface area (Å²) >= 11 is 0. The van der Waals surface area contributed by atoms with Crippen molar-refractivity contribution in [1.82, 2.24) is 4.98 Å². The molecule has 2 aromatic heterocycles. The van der Waals surface area contributed by atoms with Crippen LogP contribution in [-0.4, -0.2) is 16.1 Å². The Kier molecular flexibility index (Phi) is 7.33. The van der Waals surface area contributed by atoms with Gasteiger partial charge in [0.05, 0.1) is 11.9 Å². The third kappa shape index (κ3) is 4.77. The number of hydrogen-bond donors (Lipinski definition) is 1. The first-order valence-electron chi connectivity index (χ1n) is 8.38. The van der Waals surface area contributed by atoms with Crippen LogP contribution >= 0.6 is 0 Å². The van der Waals surface area contributed by atoms with E-state index in [0.717, 1.165) is 16.8 Å². The number of carboxylic acid groups (broad SMARTS) is 1. The maximum Gasteiger partial charge on any atom is 0.354 e. The number of pyridine rings is 2. The number of rotatable bonds is 2. The van der Waals surface area contributed by atoms with Crippen LogP contribution in [0.2, 0.25) is 0 Å². The minimum absolute atomic E-state index is 0. The van der Waals surface area contributed by atoms with Crippen LogP contribution in [0.5, 0.6) is 0 Å². The predicted octanol–water partition coefficient (Wildman–Crippen LogP) is 4.39. The number of carbonyl (C=O) groups is 1. The molecule has 0 saturated carbocycles. The Labute approximate surface area is 177 Å². The summed E-state index contributed by atoms with van der Waals surface area (Å²) in [4.78, 5) is 13.7. The smallest absolute Gasteiger partial charge is 0.354 e. The Hall–Kier alpha value is -3.14. The average molecular weight is 548 g/mol. The fourth-order valence-electron chi connectivity index (χ4n) is 2.80. The van der Waals surface area contributed by atoms with E-state index < -0.39 is 5.97 Å². The number of aromatic nitrogens is 2. The molecule has 1 N–H and O–H groups in total. The second-order valence-electron chi connectivity index (χ2n) is 5.90. The van der Waals surface area contributed by atoms with Crippen molar-refractivity contribution in [2.24, 2.45) is 0 Å². The Bertz CT molecular complexity index is 1080. The molecule has 0 aliphatic carbocycles. The molecule has 143 valence electrons. The van der Waals surface area contributed by atoms with Gasteiger partial charge in [0.25, 0.3) is 0 Å². The summed E-state index contributed by atoms with van der Waals surface area (Å²) in [6.07, 6.45) is 3.44. The van der Waals surface area contributed by atoms with Crippen LogP contribution in [0.1, 0.15) is 16.1 Å². The van der Waals surface area contributed by atoms with Crippen molar-refractivity contribution in [2.75, 3.05) is 0 Å². The summed E-state index contributed by atoms with van der Waals surface area (Å²) in [6, 6.07) is 23.3. The Morgan fingerprint density at radius 1 is 0.929 bits per heavy atom. The summed E-state index contributed by atoms with van der Waals surface area (Å²) < 4.78 is 1.91. The van der Waals surface area contributed by atoms with Gasteiger partial charge in [0.1, 0.15) is 5.69 Å². The molecule has 1 radical (unpaired) electrons. The minimum atomic E-state index is -0.990. The van der Waals surface area contributed by atoms with Crippen molar-refractivity contribution >= 4 is 16.7 Å². The molecule has 0 aliphatic rings. The SMILES string of the molecule is O=C(O)c1ccccn1.[CH2-]c1ccccc1-c1c2ccccc2cc[n+]1[CH2-].[Ir]. The minimum Gasteiger partial charge on any atom is -0.477 e. The summed E-state index contributed by atoms with van der Waals surface area (Å²) in [5.74, 6) is -0.990. The van der Waals surface area contributed by atoms with Gasteiger partial charge >= 0.3 is 5.97 Å². The van der Waals surface area contributed by atoms with E-state index >= 15 is 0 Å². The molecule has 5 heteroatoms.